The predicted molar refractivity (Wildman–Crippen MR) is 133 cm³/mol. The number of nitrogen functional groups attached to an aromatic ring is 1. The van der Waals surface area contributed by atoms with Crippen LogP contribution in [-0.4, -0.2) is 44.2 Å². The first-order valence-electron chi connectivity index (χ1n) is 11.6. The highest BCUT2D eigenvalue weighted by molar-refractivity contribution is 7.52. The van der Waals surface area contributed by atoms with E-state index in [1.54, 1.807) is 51.1 Å². The number of rotatable bonds is 9. The number of anilines is 1. The molecule has 0 unspecified atom stereocenters. The third-order valence-electron chi connectivity index (χ3n) is 5.86. The number of nitrogens with one attached hydrogen (secondary N) is 1. The van der Waals surface area contributed by atoms with Gasteiger partial charge < -0.3 is 19.7 Å². The van der Waals surface area contributed by atoms with Crippen LogP contribution < -0.4 is 21.0 Å². The Morgan fingerprint density at radius 1 is 1.31 bits per heavy atom. The number of alkyl halides is 1. The van der Waals surface area contributed by atoms with E-state index in [-0.39, 0.29) is 11.9 Å². The SMILES string of the molecule is CC(C)OC(=O)[C@@H](C)N[P@@](=O)(Oc1ccccc1)O[C@@H]1C[C@]12C[C@@](C)(Cl)[C@H](n1ccc(N)nc1=O)O2. The number of hydrogen-bond acceptors (Lipinski definition) is 9. The van der Waals surface area contributed by atoms with Crippen LogP contribution in [0.3, 0.4) is 0 Å². The zero-order valence-electron chi connectivity index (χ0n) is 20.4. The van der Waals surface area contributed by atoms with E-state index in [1.165, 1.54) is 23.8 Å². The predicted octanol–water partition coefficient (Wildman–Crippen LogP) is 3.39. The maximum atomic E-state index is 13.8. The number of nitrogens with two attached hydrogens (primary N) is 1. The maximum Gasteiger partial charge on any atom is 0.459 e. The van der Waals surface area contributed by atoms with Crippen LogP contribution in [0.25, 0.3) is 0 Å². The summed E-state index contributed by atoms with van der Waals surface area (Å²) in [4.78, 5) is 27.5. The second-order valence-corrected chi connectivity index (χ2v) is 12.1. The Bertz CT molecular complexity index is 1220. The third kappa shape index (κ3) is 5.76. The zero-order chi connectivity index (χ0) is 26.3. The van der Waals surface area contributed by atoms with Gasteiger partial charge in [0.05, 0.1) is 11.0 Å². The zero-order valence-corrected chi connectivity index (χ0v) is 22.1. The number of esters is 1. The molecule has 0 amide bonds. The summed E-state index contributed by atoms with van der Waals surface area (Å²) in [6, 6.07) is 8.96. The van der Waals surface area contributed by atoms with Gasteiger partial charge in [-0.1, -0.05) is 18.2 Å². The molecule has 196 valence electrons. The van der Waals surface area contributed by atoms with Crippen LogP contribution in [-0.2, 0) is 23.4 Å². The molecular weight excluding hydrogens is 511 g/mol. The molecule has 11 nitrogen and oxygen atoms in total. The molecule has 1 saturated heterocycles. The summed E-state index contributed by atoms with van der Waals surface area (Å²) in [6.45, 7) is 6.69. The molecule has 36 heavy (non-hydrogen) atoms. The van der Waals surface area contributed by atoms with Crippen molar-refractivity contribution in [3.63, 3.8) is 0 Å². The Morgan fingerprint density at radius 2 is 2.00 bits per heavy atom. The molecule has 2 aromatic rings. The summed E-state index contributed by atoms with van der Waals surface area (Å²) in [7, 11) is -4.09. The van der Waals surface area contributed by atoms with Crippen LogP contribution in [0.4, 0.5) is 5.82 Å². The molecule has 1 aliphatic carbocycles. The summed E-state index contributed by atoms with van der Waals surface area (Å²) < 4.78 is 38.2. The molecule has 0 radical (unpaired) electrons. The highest BCUT2D eigenvalue weighted by atomic mass is 35.5. The molecule has 13 heteroatoms. The number of carbonyl (C=O) groups is 1. The van der Waals surface area contributed by atoms with E-state index in [9.17, 15) is 14.2 Å². The fourth-order valence-corrected chi connectivity index (χ4v) is 6.31. The lowest BCUT2D eigenvalue weighted by molar-refractivity contribution is -0.149. The van der Waals surface area contributed by atoms with Gasteiger partial charge in [0.2, 0.25) is 0 Å². The van der Waals surface area contributed by atoms with Crippen molar-refractivity contribution in [1.29, 1.82) is 0 Å². The average molecular weight is 541 g/mol. The number of halogens is 1. The average Bonchev–Trinajstić information content (AvgIpc) is 3.32. The second-order valence-electron chi connectivity index (χ2n) is 9.57. The van der Waals surface area contributed by atoms with Gasteiger partial charge in [-0.3, -0.25) is 13.9 Å². The number of benzene rings is 1. The van der Waals surface area contributed by atoms with Crippen LogP contribution in [0.1, 0.15) is 46.8 Å². The summed E-state index contributed by atoms with van der Waals surface area (Å²) in [6.07, 6.45) is 0.270. The molecule has 1 aromatic carbocycles. The molecule has 1 spiro atoms. The first-order chi connectivity index (χ1) is 16.8. The van der Waals surface area contributed by atoms with Crippen molar-refractivity contribution in [2.24, 2.45) is 0 Å². The minimum absolute atomic E-state index is 0.0862. The smallest absolute Gasteiger partial charge is 0.459 e. The van der Waals surface area contributed by atoms with E-state index in [1.807, 2.05) is 0 Å². The maximum absolute atomic E-state index is 13.8. The Morgan fingerprint density at radius 3 is 2.64 bits per heavy atom. The molecule has 1 aromatic heterocycles. The van der Waals surface area contributed by atoms with Gasteiger partial charge in [-0.05, 0) is 45.9 Å². The van der Waals surface area contributed by atoms with Gasteiger partial charge in [0.25, 0.3) is 0 Å². The van der Waals surface area contributed by atoms with E-state index in [0.717, 1.165) is 0 Å². The number of ether oxygens (including phenoxy) is 2. The fraction of sp³-hybridized carbons (Fsp3) is 0.522. The largest absolute Gasteiger partial charge is 0.462 e. The molecule has 1 saturated carbocycles. The van der Waals surface area contributed by atoms with Crippen LogP contribution in [0.5, 0.6) is 5.75 Å². The molecule has 0 bridgehead atoms. The monoisotopic (exact) mass is 540 g/mol. The summed E-state index contributed by atoms with van der Waals surface area (Å²) in [5.74, 6) is -0.223. The van der Waals surface area contributed by atoms with Gasteiger partial charge in [0.1, 0.15) is 29.3 Å². The second kappa shape index (κ2) is 9.79. The topological polar surface area (TPSA) is 144 Å². The Hall–Kier alpha value is -2.43. The highest BCUT2D eigenvalue weighted by Crippen LogP contribution is 2.63. The van der Waals surface area contributed by atoms with Crippen molar-refractivity contribution in [3.05, 3.63) is 53.1 Å². The quantitative estimate of drug-likeness (QED) is 0.276. The first kappa shape index (κ1) is 26.6. The summed E-state index contributed by atoms with van der Waals surface area (Å²) in [5, 5.41) is 2.67. The van der Waals surface area contributed by atoms with E-state index in [2.05, 4.69) is 10.1 Å². The molecule has 6 atom stereocenters. The summed E-state index contributed by atoms with van der Waals surface area (Å²) in [5.41, 5.74) is 4.10. The standard InChI is InChI=1S/C23H30ClN4O7P/c1-14(2)32-19(29)15(3)27-36(31,34-16-8-6-5-7-9-16)35-17-12-23(17)13-22(4,24)20(33-23)28-11-10-18(25)26-21(28)30/h5-11,14-15,17,20H,12-13H2,1-4H3,(H,27,31)(H2,25,26,30)/t15-,17-,20-,22-,23+,36-/m1/s1. The molecular formula is C23H30ClN4O7P. The van der Waals surface area contributed by atoms with Crippen molar-refractivity contribution < 1.29 is 27.9 Å². The molecule has 4 rings (SSSR count). The van der Waals surface area contributed by atoms with Gasteiger partial charge >= 0.3 is 19.4 Å². The van der Waals surface area contributed by atoms with Crippen LogP contribution >= 0.6 is 19.3 Å². The number of hydrogen-bond donors (Lipinski definition) is 2. The number of carbonyl (C=O) groups excluding carboxylic acids is 1. The molecule has 2 aliphatic rings. The molecule has 2 fully saturated rings. The van der Waals surface area contributed by atoms with Crippen molar-refractivity contribution in [2.75, 3.05) is 5.73 Å². The van der Waals surface area contributed by atoms with Gasteiger partial charge in [-0.15, -0.1) is 11.6 Å². The number of nitrogens with zero attached hydrogens (tertiary/aromatic N) is 2. The molecule has 2 heterocycles. The summed E-state index contributed by atoms with van der Waals surface area (Å²) >= 11 is 6.77. The van der Waals surface area contributed by atoms with E-state index < -0.39 is 48.3 Å². The lowest BCUT2D eigenvalue weighted by Crippen LogP contribution is -2.36. The Kier molecular flexibility index (Phi) is 7.24. The molecule has 3 N–H and O–H groups in total. The lowest BCUT2D eigenvalue weighted by atomic mass is 10.0. The van der Waals surface area contributed by atoms with Crippen LogP contribution in [0.2, 0.25) is 0 Å². The third-order valence-corrected chi connectivity index (χ3v) is 7.87. The number of para-hydroxylation sites is 1. The van der Waals surface area contributed by atoms with Gasteiger partial charge in [0, 0.05) is 19.0 Å². The van der Waals surface area contributed by atoms with Crippen LogP contribution in [0, 0.1) is 0 Å². The first-order valence-corrected chi connectivity index (χ1v) is 13.5. The van der Waals surface area contributed by atoms with Crippen molar-refractivity contribution in [2.45, 2.75) is 75.5 Å². The van der Waals surface area contributed by atoms with Crippen molar-refractivity contribution in [1.82, 2.24) is 14.6 Å². The molecule has 1 aliphatic heterocycles. The minimum Gasteiger partial charge on any atom is -0.462 e. The van der Waals surface area contributed by atoms with Gasteiger partial charge in [-0.25, -0.2) is 9.36 Å². The highest BCUT2D eigenvalue weighted by Gasteiger charge is 2.69. The van der Waals surface area contributed by atoms with Crippen molar-refractivity contribution >= 4 is 31.1 Å². The van der Waals surface area contributed by atoms with E-state index >= 15 is 0 Å². The Balaban J connectivity index is 1.53. The fourth-order valence-electron chi connectivity index (χ4n) is 4.20. The Labute approximate surface area is 213 Å². The van der Waals surface area contributed by atoms with Crippen LogP contribution in [0.15, 0.2) is 47.4 Å². The minimum atomic E-state index is -4.09. The van der Waals surface area contributed by atoms with E-state index in [0.29, 0.717) is 18.6 Å². The lowest BCUT2D eigenvalue weighted by Gasteiger charge is -2.24. The number of aromatic nitrogens is 2. The van der Waals surface area contributed by atoms with Gasteiger partial charge in [-0.2, -0.15) is 10.1 Å². The van der Waals surface area contributed by atoms with E-state index in [4.69, 9.17) is 35.9 Å². The van der Waals surface area contributed by atoms with Crippen molar-refractivity contribution in [3.8, 4) is 5.75 Å². The normalized spacial score (nSPS) is 29.6. The van der Waals surface area contributed by atoms with Gasteiger partial charge in [0.15, 0.2) is 6.23 Å².